The van der Waals surface area contributed by atoms with Crippen LogP contribution < -0.4 is 16.4 Å². The zero-order chi connectivity index (χ0) is 30.4. The van der Waals surface area contributed by atoms with E-state index in [-0.39, 0.29) is 51.1 Å². The van der Waals surface area contributed by atoms with Gasteiger partial charge in [0.05, 0.1) is 11.0 Å². The molecule has 0 radical (unpaired) electrons. The van der Waals surface area contributed by atoms with E-state index in [0.717, 1.165) is 16.2 Å². The maximum atomic E-state index is 13.3. The average Bonchev–Trinajstić information content (AvgIpc) is 3.70. The number of carbonyl (C=O) groups excluding carboxylic acids is 3. The zero-order valence-electron chi connectivity index (χ0n) is 21.8. The Bertz CT molecular complexity index is 1700. The summed E-state index contributed by atoms with van der Waals surface area (Å²) >= 11 is 3.55. The summed E-state index contributed by atoms with van der Waals surface area (Å²) in [5.74, 6) is -3.25. The maximum Gasteiger partial charge on any atom is 0.352 e. The Morgan fingerprint density at radius 1 is 1.26 bits per heavy atom. The minimum atomic E-state index is -1.29. The lowest BCUT2D eigenvalue weighted by atomic mass is 10.0. The Labute approximate surface area is 253 Å². The number of hydrogen-bond donors (Lipinski definition) is 7. The first-order chi connectivity index (χ1) is 20.6. The number of carboxylic acid groups (broad SMARTS) is 1. The number of aromatic hydroxyl groups is 2. The minimum Gasteiger partial charge on any atom is -0.504 e. The van der Waals surface area contributed by atoms with Gasteiger partial charge in [-0.15, -0.1) is 23.1 Å². The van der Waals surface area contributed by atoms with Crippen LogP contribution in [0, 0.1) is 0 Å². The number of thioether (sulfide) groups is 2. The maximum absolute atomic E-state index is 13.3. The van der Waals surface area contributed by atoms with Crippen molar-refractivity contribution in [2.45, 2.75) is 29.1 Å². The Hall–Kier alpha value is -4.49. The number of H-pyrrole nitrogens is 1. The first kappa shape index (κ1) is 28.6. The summed E-state index contributed by atoms with van der Waals surface area (Å²) in [5, 5.41) is 39.9. The summed E-state index contributed by atoms with van der Waals surface area (Å²) in [6, 6.07) is 1.58. The number of amides is 3. The highest BCUT2D eigenvalue weighted by Crippen LogP contribution is 2.42. The zero-order valence-corrected chi connectivity index (χ0v) is 24.2. The number of nitrogens with one attached hydrogen (secondary N) is 3. The quantitative estimate of drug-likeness (QED) is 0.0539. The van der Waals surface area contributed by atoms with Crippen LogP contribution in [0.1, 0.15) is 12.1 Å². The van der Waals surface area contributed by atoms with Crippen LogP contribution >= 0.6 is 34.9 Å². The van der Waals surface area contributed by atoms with Gasteiger partial charge < -0.3 is 41.5 Å². The summed E-state index contributed by atoms with van der Waals surface area (Å²) in [4.78, 5) is 68.4. The van der Waals surface area contributed by atoms with E-state index in [1.54, 1.807) is 0 Å². The fourth-order valence-corrected chi connectivity index (χ4v) is 7.55. The second-order valence-corrected chi connectivity index (χ2v) is 12.5. The van der Waals surface area contributed by atoms with E-state index >= 15 is 0 Å². The molecule has 0 spiro atoms. The molecule has 2 fully saturated rings. The number of anilines is 1. The number of fused-ring (bicyclic) bond motifs is 2. The summed E-state index contributed by atoms with van der Waals surface area (Å²) in [6.45, 7) is 0.406. The summed E-state index contributed by atoms with van der Waals surface area (Å²) in [7, 11) is 0. The predicted molar refractivity (Wildman–Crippen MR) is 155 cm³/mol. The molecule has 43 heavy (non-hydrogen) atoms. The van der Waals surface area contributed by atoms with Gasteiger partial charge in [-0.05, 0) is 5.57 Å². The Balaban J connectivity index is 1.17. The molecule has 3 aliphatic heterocycles. The van der Waals surface area contributed by atoms with Crippen LogP contribution in [-0.4, -0.2) is 100 Å². The lowest BCUT2D eigenvalue weighted by molar-refractivity contribution is -0.150. The van der Waals surface area contributed by atoms with Gasteiger partial charge >= 0.3 is 5.97 Å². The standard InChI is InChI=1S/C24H22N8O8S3/c25-23-27-11(7-42-23)15(31-40-14-1-2-26-18(14)35)19(36)30-16-20(37)32-17(22(38)39)8(5-41-21(16)32)6-43-24-28-9-3-12(33)13(34)4-10(9)29-24/h3-4,7,14,16,21,33-34H,1-2,5-6H2,(H2,25,27)(H,26,35)(H,28,29)(H,30,36)(H,38,39)/t14?,16-,21+/m1/s1. The molecule has 6 rings (SSSR count). The molecule has 0 bridgehead atoms. The van der Waals surface area contributed by atoms with Crippen molar-refractivity contribution in [3.05, 3.63) is 34.5 Å². The van der Waals surface area contributed by atoms with Gasteiger partial charge in [-0.3, -0.25) is 19.3 Å². The molecule has 2 aromatic heterocycles. The van der Waals surface area contributed by atoms with E-state index in [2.05, 4.69) is 30.7 Å². The van der Waals surface area contributed by atoms with E-state index in [0.29, 0.717) is 34.7 Å². The number of phenolic OH excluding ortho intramolecular Hbond substituents is 2. The van der Waals surface area contributed by atoms with E-state index in [1.165, 1.54) is 41.0 Å². The van der Waals surface area contributed by atoms with Crippen molar-refractivity contribution >= 4 is 80.4 Å². The molecule has 3 atom stereocenters. The van der Waals surface area contributed by atoms with Crippen molar-refractivity contribution in [2.24, 2.45) is 5.16 Å². The van der Waals surface area contributed by atoms with E-state index in [4.69, 9.17) is 10.6 Å². The van der Waals surface area contributed by atoms with Crippen molar-refractivity contribution < 1.29 is 39.3 Å². The van der Waals surface area contributed by atoms with E-state index in [1.807, 2.05) is 0 Å². The highest BCUT2D eigenvalue weighted by Gasteiger charge is 2.54. The molecule has 5 heterocycles. The number of oxime groups is 1. The molecule has 3 aromatic rings. The molecule has 1 aromatic carbocycles. The molecule has 3 aliphatic rings. The highest BCUT2D eigenvalue weighted by molar-refractivity contribution is 8.01. The highest BCUT2D eigenvalue weighted by atomic mass is 32.2. The van der Waals surface area contributed by atoms with Gasteiger partial charge in [0, 0.05) is 42.0 Å². The monoisotopic (exact) mass is 646 g/mol. The average molecular weight is 647 g/mol. The van der Waals surface area contributed by atoms with Crippen molar-refractivity contribution in [1.29, 1.82) is 0 Å². The van der Waals surface area contributed by atoms with Crippen LogP contribution in [0.4, 0.5) is 5.13 Å². The third kappa shape index (κ3) is 5.41. The van der Waals surface area contributed by atoms with Crippen LogP contribution in [0.5, 0.6) is 11.5 Å². The van der Waals surface area contributed by atoms with Crippen LogP contribution in [0.25, 0.3) is 11.0 Å². The van der Waals surface area contributed by atoms with Crippen LogP contribution in [0.2, 0.25) is 0 Å². The molecule has 16 nitrogen and oxygen atoms in total. The third-order valence-corrected chi connectivity index (χ3v) is 9.70. The second kappa shape index (κ2) is 11.3. The number of nitrogens with two attached hydrogens (primary N) is 1. The SMILES string of the molecule is Nc1nc(C(=NOC2CCNC2=O)C(=O)N[C@@H]2C(=O)N3C(C(=O)O)=C(CSc4nc5cc(O)c(O)cc5[nH]4)CS[C@@H]23)cs1. The van der Waals surface area contributed by atoms with Gasteiger partial charge in [-0.1, -0.05) is 16.9 Å². The van der Waals surface area contributed by atoms with Crippen LogP contribution in [0.15, 0.2) is 39.1 Å². The molecule has 0 saturated carbocycles. The normalized spacial score (nSPS) is 21.9. The van der Waals surface area contributed by atoms with E-state index < -0.39 is 35.3 Å². The largest absolute Gasteiger partial charge is 0.504 e. The molecule has 224 valence electrons. The number of aromatic nitrogens is 3. The third-order valence-electron chi connectivity index (χ3n) is 6.73. The number of imidazole rings is 1. The van der Waals surface area contributed by atoms with Crippen LogP contribution in [-0.2, 0) is 24.0 Å². The number of nitrogen functional groups attached to an aromatic ring is 1. The summed E-state index contributed by atoms with van der Waals surface area (Å²) < 4.78 is 0. The number of carbonyl (C=O) groups is 4. The first-order valence-electron chi connectivity index (χ1n) is 12.6. The summed E-state index contributed by atoms with van der Waals surface area (Å²) in [6.07, 6.45) is -0.522. The van der Waals surface area contributed by atoms with E-state index in [9.17, 15) is 34.5 Å². The Kier molecular flexibility index (Phi) is 7.52. The molecular formula is C24H22N8O8S3. The van der Waals surface area contributed by atoms with Gasteiger partial charge in [-0.25, -0.2) is 14.8 Å². The number of aliphatic carboxylic acids is 1. The molecule has 0 aliphatic carbocycles. The first-order valence-corrected chi connectivity index (χ1v) is 15.5. The second-order valence-electron chi connectivity index (χ2n) is 9.49. The lowest BCUT2D eigenvalue weighted by Gasteiger charge is -2.49. The molecular weight excluding hydrogens is 625 g/mol. The smallest absolute Gasteiger partial charge is 0.352 e. The number of rotatable bonds is 9. The van der Waals surface area contributed by atoms with Gasteiger partial charge in [0.2, 0.25) is 6.10 Å². The molecule has 8 N–H and O–H groups in total. The number of benzene rings is 1. The molecule has 19 heteroatoms. The fourth-order valence-electron chi connectivity index (χ4n) is 4.63. The topological polar surface area (TPSA) is 245 Å². The van der Waals surface area contributed by atoms with Gasteiger partial charge in [0.1, 0.15) is 22.8 Å². The number of β-lactam (4-membered cyclic amide) rings is 1. The van der Waals surface area contributed by atoms with Gasteiger partial charge in [0.15, 0.2) is 27.5 Å². The van der Waals surface area contributed by atoms with Crippen molar-refractivity contribution in [1.82, 2.24) is 30.5 Å². The lowest BCUT2D eigenvalue weighted by Crippen LogP contribution is -2.71. The van der Waals surface area contributed by atoms with Gasteiger partial charge in [0.25, 0.3) is 17.7 Å². The van der Waals surface area contributed by atoms with Crippen molar-refractivity contribution in [3.8, 4) is 11.5 Å². The number of nitrogens with zero attached hydrogens (tertiary/aromatic N) is 4. The molecule has 3 amide bonds. The summed E-state index contributed by atoms with van der Waals surface area (Å²) in [5.41, 5.74) is 6.75. The fraction of sp³-hybridized carbons (Fsp3) is 0.292. The number of carboxylic acids is 1. The predicted octanol–water partition coefficient (Wildman–Crippen LogP) is 0.153. The number of aromatic amines is 1. The van der Waals surface area contributed by atoms with Gasteiger partial charge in [-0.2, -0.15) is 0 Å². The van der Waals surface area contributed by atoms with Crippen molar-refractivity contribution in [2.75, 3.05) is 23.8 Å². The van der Waals surface area contributed by atoms with Crippen molar-refractivity contribution in [3.63, 3.8) is 0 Å². The number of phenols is 2. The Morgan fingerprint density at radius 2 is 2.05 bits per heavy atom. The van der Waals surface area contributed by atoms with Crippen LogP contribution in [0.3, 0.4) is 0 Å². The molecule has 1 unspecified atom stereocenters. The number of hydrogen-bond acceptors (Lipinski definition) is 14. The number of thiazole rings is 1. The molecule has 2 saturated heterocycles. The Morgan fingerprint density at radius 3 is 2.74 bits per heavy atom. The minimum absolute atomic E-state index is 0.0970.